The number of amides is 1. The Kier molecular flexibility index (Phi) is 4.33. The number of fused-ring (bicyclic) bond motifs is 4. The zero-order valence-electron chi connectivity index (χ0n) is 15.6. The van der Waals surface area contributed by atoms with E-state index in [1.54, 1.807) is 0 Å². The first-order valence-electron chi connectivity index (χ1n) is 9.22. The number of halogens is 4. The SMILES string of the molecule is O=C(N[C@@H]1COCc2[nH]c(=O)c3cc(F)c(F)cc3c21)c1cc2c(F)cc(F)cc2[nH]1. The number of carbonyl (C=O) groups excluding carboxylic acids is 1. The second-order valence-electron chi connectivity index (χ2n) is 7.23. The molecule has 0 spiro atoms. The van der Waals surface area contributed by atoms with Gasteiger partial charge in [0.25, 0.3) is 11.5 Å². The van der Waals surface area contributed by atoms with Gasteiger partial charge in [0.2, 0.25) is 0 Å². The molecular weight excluding hydrogens is 418 g/mol. The Morgan fingerprint density at radius 3 is 2.45 bits per heavy atom. The van der Waals surface area contributed by atoms with E-state index >= 15 is 0 Å². The van der Waals surface area contributed by atoms with Gasteiger partial charge >= 0.3 is 0 Å². The van der Waals surface area contributed by atoms with Gasteiger partial charge in [0.05, 0.1) is 30.2 Å². The van der Waals surface area contributed by atoms with Crippen molar-refractivity contribution in [3.8, 4) is 0 Å². The van der Waals surface area contributed by atoms with Crippen molar-refractivity contribution in [1.82, 2.24) is 15.3 Å². The number of H-pyrrole nitrogens is 2. The van der Waals surface area contributed by atoms with Crippen LogP contribution in [0.1, 0.15) is 27.8 Å². The predicted octanol–water partition coefficient (Wildman–Crippen LogP) is 3.57. The summed E-state index contributed by atoms with van der Waals surface area (Å²) >= 11 is 0. The molecule has 0 fully saturated rings. The summed E-state index contributed by atoms with van der Waals surface area (Å²) in [5.74, 6) is -4.57. The maximum atomic E-state index is 14.0. The van der Waals surface area contributed by atoms with Crippen LogP contribution in [0.15, 0.2) is 35.1 Å². The zero-order valence-corrected chi connectivity index (χ0v) is 15.6. The van der Waals surface area contributed by atoms with Gasteiger partial charge in [0.15, 0.2) is 11.6 Å². The van der Waals surface area contributed by atoms with Crippen LogP contribution in [-0.2, 0) is 11.3 Å². The summed E-state index contributed by atoms with van der Waals surface area (Å²) in [4.78, 5) is 30.3. The third kappa shape index (κ3) is 3.15. The predicted molar refractivity (Wildman–Crippen MR) is 103 cm³/mol. The van der Waals surface area contributed by atoms with Gasteiger partial charge in [-0.1, -0.05) is 0 Å². The number of carbonyl (C=O) groups is 1. The van der Waals surface area contributed by atoms with Crippen molar-refractivity contribution in [2.75, 3.05) is 6.61 Å². The lowest BCUT2D eigenvalue weighted by atomic mass is 9.96. The lowest BCUT2D eigenvalue weighted by Gasteiger charge is -2.27. The third-order valence-corrected chi connectivity index (χ3v) is 5.27. The number of hydrogen-bond donors (Lipinski definition) is 3. The number of pyridine rings is 1. The maximum Gasteiger partial charge on any atom is 0.268 e. The minimum absolute atomic E-state index is 0.00208. The van der Waals surface area contributed by atoms with Crippen LogP contribution < -0.4 is 10.9 Å². The summed E-state index contributed by atoms with van der Waals surface area (Å²) in [6.45, 7) is 0.0187. The summed E-state index contributed by atoms with van der Waals surface area (Å²) in [6, 6.07) is 3.90. The van der Waals surface area contributed by atoms with E-state index in [4.69, 9.17) is 4.74 Å². The molecule has 0 saturated carbocycles. The van der Waals surface area contributed by atoms with Gasteiger partial charge in [-0.3, -0.25) is 9.59 Å². The second-order valence-corrected chi connectivity index (χ2v) is 7.23. The van der Waals surface area contributed by atoms with E-state index in [0.29, 0.717) is 17.3 Å². The molecule has 1 aliphatic heterocycles. The van der Waals surface area contributed by atoms with Crippen LogP contribution in [0.5, 0.6) is 0 Å². The molecule has 1 atom stereocenters. The molecule has 2 aromatic heterocycles. The van der Waals surface area contributed by atoms with Crippen LogP contribution in [0.2, 0.25) is 0 Å². The van der Waals surface area contributed by atoms with Crippen LogP contribution in [0.3, 0.4) is 0 Å². The molecule has 158 valence electrons. The molecule has 0 aliphatic carbocycles. The van der Waals surface area contributed by atoms with E-state index < -0.39 is 40.8 Å². The standard InChI is InChI=1S/C21H13F4N3O3/c22-8-1-12(23)11-5-16(26-15(11)2-8)21(30)28-18-7-31-6-17-19(18)9-3-13(24)14(25)4-10(9)20(29)27-17/h1-5,18,26H,6-7H2,(H,27,29)(H,28,30)/t18-/m1/s1. The summed E-state index contributed by atoms with van der Waals surface area (Å²) in [5.41, 5.74) is 0.176. The van der Waals surface area contributed by atoms with Gasteiger partial charge in [-0.15, -0.1) is 0 Å². The van der Waals surface area contributed by atoms with Crippen LogP contribution in [-0.4, -0.2) is 22.5 Å². The van der Waals surface area contributed by atoms with Crippen molar-refractivity contribution in [3.05, 3.63) is 80.9 Å². The van der Waals surface area contributed by atoms with Crippen LogP contribution in [0.25, 0.3) is 21.7 Å². The molecule has 31 heavy (non-hydrogen) atoms. The average molecular weight is 431 g/mol. The molecule has 10 heteroatoms. The Labute approximate surface area is 170 Å². The van der Waals surface area contributed by atoms with Crippen molar-refractivity contribution < 1.29 is 27.1 Å². The van der Waals surface area contributed by atoms with E-state index in [-0.39, 0.29) is 40.6 Å². The molecule has 0 bridgehead atoms. The molecule has 5 rings (SSSR count). The molecule has 0 radical (unpaired) electrons. The first kappa shape index (κ1) is 19.3. The summed E-state index contributed by atoms with van der Waals surface area (Å²) in [5, 5.41) is 2.80. The monoisotopic (exact) mass is 431 g/mol. The number of nitrogens with one attached hydrogen (secondary N) is 3. The van der Waals surface area contributed by atoms with Gasteiger partial charge in [-0.25, -0.2) is 17.6 Å². The van der Waals surface area contributed by atoms with Gasteiger partial charge in [0, 0.05) is 22.7 Å². The number of hydrogen-bond acceptors (Lipinski definition) is 3. The van der Waals surface area contributed by atoms with Gasteiger partial charge in [0.1, 0.15) is 17.3 Å². The highest BCUT2D eigenvalue weighted by Crippen LogP contribution is 2.31. The Hall–Kier alpha value is -3.66. The summed E-state index contributed by atoms with van der Waals surface area (Å²) in [6.07, 6.45) is 0. The number of aromatic amines is 2. The Morgan fingerprint density at radius 1 is 0.935 bits per heavy atom. The van der Waals surface area contributed by atoms with Crippen LogP contribution in [0.4, 0.5) is 17.6 Å². The molecule has 0 saturated heterocycles. The lowest BCUT2D eigenvalue weighted by Crippen LogP contribution is -2.36. The highest BCUT2D eigenvalue weighted by Gasteiger charge is 2.28. The fraction of sp³-hybridized carbons (Fsp3) is 0.143. The highest BCUT2D eigenvalue weighted by atomic mass is 19.2. The Bertz CT molecular complexity index is 1440. The molecular formula is C21H13F4N3O3. The fourth-order valence-corrected chi connectivity index (χ4v) is 3.90. The van der Waals surface area contributed by atoms with E-state index in [1.807, 2.05) is 0 Å². The van der Waals surface area contributed by atoms with Gasteiger partial charge in [-0.05, 0) is 29.7 Å². The van der Waals surface area contributed by atoms with E-state index in [0.717, 1.165) is 18.2 Å². The van der Waals surface area contributed by atoms with Gasteiger partial charge < -0.3 is 20.0 Å². The lowest BCUT2D eigenvalue weighted by molar-refractivity contribution is 0.0692. The van der Waals surface area contributed by atoms with Crippen molar-refractivity contribution in [2.45, 2.75) is 12.6 Å². The molecule has 1 amide bonds. The number of benzene rings is 2. The molecule has 3 heterocycles. The molecule has 1 aliphatic rings. The Balaban J connectivity index is 1.57. The van der Waals surface area contributed by atoms with Crippen molar-refractivity contribution in [3.63, 3.8) is 0 Å². The zero-order chi connectivity index (χ0) is 21.9. The quantitative estimate of drug-likeness (QED) is 0.424. The normalized spacial score (nSPS) is 15.9. The molecule has 0 unspecified atom stereocenters. The van der Waals surface area contributed by atoms with Crippen LogP contribution in [0, 0.1) is 23.3 Å². The van der Waals surface area contributed by atoms with Gasteiger partial charge in [-0.2, -0.15) is 0 Å². The van der Waals surface area contributed by atoms with Crippen molar-refractivity contribution in [1.29, 1.82) is 0 Å². The highest BCUT2D eigenvalue weighted by molar-refractivity contribution is 5.98. The molecule has 3 N–H and O–H groups in total. The second kappa shape index (κ2) is 6.95. The minimum atomic E-state index is -1.17. The first-order valence-corrected chi connectivity index (χ1v) is 9.22. The van der Waals surface area contributed by atoms with E-state index in [9.17, 15) is 27.2 Å². The third-order valence-electron chi connectivity index (χ3n) is 5.27. The van der Waals surface area contributed by atoms with E-state index in [1.165, 1.54) is 6.07 Å². The van der Waals surface area contributed by atoms with Crippen LogP contribution >= 0.6 is 0 Å². The molecule has 4 aromatic rings. The van der Waals surface area contributed by atoms with Crippen molar-refractivity contribution in [2.24, 2.45) is 0 Å². The fourth-order valence-electron chi connectivity index (χ4n) is 3.90. The average Bonchev–Trinajstić information content (AvgIpc) is 3.14. The maximum absolute atomic E-state index is 14.0. The smallest absolute Gasteiger partial charge is 0.268 e. The summed E-state index contributed by atoms with van der Waals surface area (Å²) < 4.78 is 60.4. The number of aromatic nitrogens is 2. The minimum Gasteiger partial charge on any atom is -0.373 e. The van der Waals surface area contributed by atoms with E-state index in [2.05, 4.69) is 15.3 Å². The Morgan fingerprint density at radius 2 is 1.68 bits per heavy atom. The largest absolute Gasteiger partial charge is 0.373 e. The molecule has 6 nitrogen and oxygen atoms in total. The summed E-state index contributed by atoms with van der Waals surface area (Å²) in [7, 11) is 0. The van der Waals surface area contributed by atoms with Crippen molar-refractivity contribution >= 4 is 27.6 Å². The first-order chi connectivity index (χ1) is 14.8. The number of rotatable bonds is 2. The number of ether oxygens (including phenoxy) is 1. The topological polar surface area (TPSA) is 87.0 Å². The molecule has 2 aromatic carbocycles.